The number of nitrogen functional groups attached to an aromatic ring is 1. The molecule has 168 valence electrons. The number of carbonyl (C=O) groups is 3. The second-order valence-electron chi connectivity index (χ2n) is 7.36. The van der Waals surface area contributed by atoms with Crippen molar-refractivity contribution >= 4 is 35.0 Å². The molecule has 0 saturated carbocycles. The van der Waals surface area contributed by atoms with Crippen molar-refractivity contribution in [3.05, 3.63) is 60.1 Å². The zero-order valence-corrected chi connectivity index (χ0v) is 17.8. The number of amidine groups is 1. The summed E-state index contributed by atoms with van der Waals surface area (Å²) in [6.45, 7) is 2.46. The molecule has 0 radical (unpaired) electrons. The van der Waals surface area contributed by atoms with Crippen LogP contribution in [0.25, 0.3) is 5.70 Å². The molecular weight excluding hydrogens is 412 g/mol. The molecule has 0 bridgehead atoms. The average Bonchev–Trinajstić information content (AvgIpc) is 3.30. The molecule has 9 heteroatoms. The number of nitrogens with zero attached hydrogens (tertiary/aromatic N) is 1. The number of amides is 2. The van der Waals surface area contributed by atoms with E-state index in [1.165, 1.54) is 18.6 Å². The monoisotopic (exact) mass is 438 g/mol. The summed E-state index contributed by atoms with van der Waals surface area (Å²) >= 11 is 0. The third-order valence-electron chi connectivity index (χ3n) is 5.13. The minimum Gasteiger partial charge on any atom is -0.472 e. The fraction of sp³-hybridized carbons (Fsp3) is 0.304. The minimum absolute atomic E-state index is 0.0150. The third-order valence-corrected chi connectivity index (χ3v) is 5.13. The normalized spacial score (nSPS) is 16.5. The van der Waals surface area contributed by atoms with Gasteiger partial charge in [0.15, 0.2) is 0 Å². The van der Waals surface area contributed by atoms with Crippen LogP contribution in [0.1, 0.15) is 37.3 Å². The van der Waals surface area contributed by atoms with Crippen molar-refractivity contribution in [2.24, 2.45) is 11.7 Å². The Morgan fingerprint density at radius 3 is 2.66 bits per heavy atom. The highest BCUT2D eigenvalue weighted by molar-refractivity contribution is 6.01. The van der Waals surface area contributed by atoms with E-state index in [0.29, 0.717) is 29.8 Å². The van der Waals surface area contributed by atoms with Crippen LogP contribution in [0.4, 0.5) is 5.69 Å². The maximum absolute atomic E-state index is 13.0. The van der Waals surface area contributed by atoms with Gasteiger partial charge in [0.25, 0.3) is 0 Å². The molecule has 2 aromatic rings. The highest BCUT2D eigenvalue weighted by Gasteiger charge is 2.31. The van der Waals surface area contributed by atoms with E-state index in [1.54, 1.807) is 42.2 Å². The second-order valence-corrected chi connectivity index (χ2v) is 7.36. The standard InChI is InChI=1S/C23H26N4O5/c1-2-32-21(29)13-19(17-9-11-31-14-17)26-20(28)12-16-4-3-10-27(23(16)30)18-7-5-15(6-8-18)22(24)25/h5-9,11,13-14,16H,2-4,10,12H2,1H3,(H3,24,25)(H,26,28)/b19-13+. The summed E-state index contributed by atoms with van der Waals surface area (Å²) < 4.78 is 9.97. The van der Waals surface area contributed by atoms with Gasteiger partial charge < -0.3 is 25.1 Å². The fourth-order valence-electron chi connectivity index (χ4n) is 3.55. The van der Waals surface area contributed by atoms with Crippen molar-refractivity contribution in [1.29, 1.82) is 5.41 Å². The largest absolute Gasteiger partial charge is 0.472 e. The lowest BCUT2D eigenvalue weighted by atomic mass is 9.92. The molecular formula is C23H26N4O5. The Bertz CT molecular complexity index is 1010. The molecule has 4 N–H and O–H groups in total. The Kier molecular flexibility index (Phi) is 7.43. The van der Waals surface area contributed by atoms with Gasteiger partial charge in [-0.3, -0.25) is 15.0 Å². The van der Waals surface area contributed by atoms with Gasteiger partial charge in [-0.15, -0.1) is 0 Å². The molecule has 1 aliphatic heterocycles. The van der Waals surface area contributed by atoms with Gasteiger partial charge in [-0.1, -0.05) is 0 Å². The summed E-state index contributed by atoms with van der Waals surface area (Å²) in [5, 5.41) is 10.2. The molecule has 1 aliphatic rings. The Morgan fingerprint density at radius 2 is 2.03 bits per heavy atom. The number of furan rings is 1. The van der Waals surface area contributed by atoms with E-state index in [0.717, 1.165) is 6.42 Å². The van der Waals surface area contributed by atoms with Crippen LogP contribution in [0.3, 0.4) is 0 Å². The number of carbonyl (C=O) groups excluding carboxylic acids is 3. The van der Waals surface area contributed by atoms with Crippen LogP contribution in [0.2, 0.25) is 0 Å². The lowest BCUT2D eigenvalue weighted by Gasteiger charge is -2.32. The summed E-state index contributed by atoms with van der Waals surface area (Å²) in [6.07, 6.45) is 5.36. The minimum atomic E-state index is -0.585. The number of rotatable bonds is 8. The van der Waals surface area contributed by atoms with Crippen molar-refractivity contribution < 1.29 is 23.5 Å². The van der Waals surface area contributed by atoms with Crippen LogP contribution >= 0.6 is 0 Å². The Hall–Kier alpha value is -3.88. The van der Waals surface area contributed by atoms with Crippen LogP contribution in [0.15, 0.2) is 53.4 Å². The molecule has 1 aromatic heterocycles. The Morgan fingerprint density at radius 1 is 1.28 bits per heavy atom. The van der Waals surface area contributed by atoms with E-state index < -0.39 is 11.9 Å². The Labute approximate surface area is 185 Å². The predicted octanol–water partition coefficient (Wildman–Crippen LogP) is 2.42. The van der Waals surface area contributed by atoms with Gasteiger partial charge in [-0.05, 0) is 50.1 Å². The molecule has 1 unspecified atom stereocenters. The van der Waals surface area contributed by atoms with Gasteiger partial charge in [0.1, 0.15) is 5.84 Å². The van der Waals surface area contributed by atoms with E-state index in [-0.39, 0.29) is 36.4 Å². The zero-order valence-electron chi connectivity index (χ0n) is 17.8. The van der Waals surface area contributed by atoms with E-state index in [2.05, 4.69) is 5.32 Å². The van der Waals surface area contributed by atoms with Gasteiger partial charge in [0, 0.05) is 41.8 Å². The van der Waals surface area contributed by atoms with Crippen molar-refractivity contribution in [3.63, 3.8) is 0 Å². The van der Waals surface area contributed by atoms with E-state index in [1.807, 2.05) is 0 Å². The van der Waals surface area contributed by atoms with Gasteiger partial charge >= 0.3 is 5.97 Å². The number of benzene rings is 1. The van der Waals surface area contributed by atoms with Crippen LogP contribution < -0.4 is 16.0 Å². The highest BCUT2D eigenvalue weighted by atomic mass is 16.5. The van der Waals surface area contributed by atoms with Crippen LogP contribution in [0.5, 0.6) is 0 Å². The number of anilines is 1. The van der Waals surface area contributed by atoms with Gasteiger partial charge in [0.2, 0.25) is 11.8 Å². The lowest BCUT2D eigenvalue weighted by Crippen LogP contribution is -2.43. The first-order chi connectivity index (χ1) is 15.4. The number of esters is 1. The van der Waals surface area contributed by atoms with Gasteiger partial charge in [-0.25, -0.2) is 4.79 Å². The van der Waals surface area contributed by atoms with Gasteiger partial charge in [0.05, 0.1) is 24.8 Å². The number of piperidine rings is 1. The molecule has 32 heavy (non-hydrogen) atoms. The van der Waals surface area contributed by atoms with Crippen LogP contribution in [-0.2, 0) is 19.1 Å². The topological polar surface area (TPSA) is 139 Å². The van der Waals surface area contributed by atoms with Gasteiger partial charge in [-0.2, -0.15) is 0 Å². The number of hydrogen-bond acceptors (Lipinski definition) is 6. The van der Waals surface area contributed by atoms with E-state index in [4.69, 9.17) is 20.3 Å². The molecule has 1 atom stereocenters. The molecule has 2 heterocycles. The zero-order chi connectivity index (χ0) is 23.1. The average molecular weight is 438 g/mol. The fourth-order valence-corrected chi connectivity index (χ4v) is 3.55. The number of hydrogen-bond donors (Lipinski definition) is 3. The SMILES string of the molecule is CCOC(=O)/C=C(/NC(=O)CC1CCCN(c2ccc(C(=N)N)cc2)C1=O)c1ccoc1. The van der Waals surface area contributed by atoms with Crippen molar-refractivity contribution in [2.75, 3.05) is 18.1 Å². The van der Waals surface area contributed by atoms with Crippen molar-refractivity contribution in [3.8, 4) is 0 Å². The highest BCUT2D eigenvalue weighted by Crippen LogP contribution is 2.27. The first-order valence-electron chi connectivity index (χ1n) is 10.4. The summed E-state index contributed by atoms with van der Waals surface area (Å²) in [4.78, 5) is 39.3. The maximum atomic E-state index is 13.0. The Balaban J connectivity index is 1.68. The molecule has 1 saturated heterocycles. The smallest absolute Gasteiger partial charge is 0.332 e. The first-order valence-corrected chi connectivity index (χ1v) is 10.4. The third kappa shape index (κ3) is 5.63. The maximum Gasteiger partial charge on any atom is 0.332 e. The number of nitrogens with two attached hydrogens (primary N) is 1. The summed E-state index contributed by atoms with van der Waals surface area (Å²) in [5.41, 5.74) is 7.54. The van der Waals surface area contributed by atoms with Crippen molar-refractivity contribution in [2.45, 2.75) is 26.2 Å². The lowest BCUT2D eigenvalue weighted by molar-refractivity contribution is -0.137. The quantitative estimate of drug-likeness (QED) is 0.250. The molecule has 3 rings (SSSR count). The summed E-state index contributed by atoms with van der Waals surface area (Å²) in [6, 6.07) is 8.49. The molecule has 0 spiro atoms. The molecule has 0 aliphatic carbocycles. The molecule has 1 aromatic carbocycles. The van der Waals surface area contributed by atoms with Crippen molar-refractivity contribution in [1.82, 2.24) is 5.32 Å². The molecule has 1 fully saturated rings. The predicted molar refractivity (Wildman–Crippen MR) is 119 cm³/mol. The first kappa shape index (κ1) is 22.8. The summed E-state index contributed by atoms with van der Waals surface area (Å²) in [7, 11) is 0. The van der Waals surface area contributed by atoms with Crippen LogP contribution in [0, 0.1) is 11.3 Å². The number of nitrogens with one attached hydrogen (secondary N) is 2. The molecule has 9 nitrogen and oxygen atoms in total. The second kappa shape index (κ2) is 10.4. The number of ether oxygens (including phenoxy) is 1. The van der Waals surface area contributed by atoms with E-state index in [9.17, 15) is 14.4 Å². The van der Waals surface area contributed by atoms with E-state index >= 15 is 0 Å². The summed E-state index contributed by atoms with van der Waals surface area (Å²) in [5.74, 6) is -1.63. The van der Waals surface area contributed by atoms with Crippen LogP contribution in [-0.4, -0.2) is 36.8 Å². The molecule has 2 amide bonds.